The average Bonchev–Trinajstić information content (AvgIpc) is 3.13. The first kappa shape index (κ1) is 15.0. The van der Waals surface area contributed by atoms with Gasteiger partial charge < -0.3 is 14.6 Å². The van der Waals surface area contributed by atoms with Crippen LogP contribution in [-0.4, -0.2) is 46.6 Å². The molecule has 1 saturated heterocycles. The standard InChI is InChI=1S/C17H23N3O2/c1-3-8-17(12-22-2)9-4-11-20(17)16(21)14-6-5-13-7-10-18-15(13)19-14/h5-7,10H,3-4,8-9,11-12H2,1-2H3,(H,18,19). The Morgan fingerprint density at radius 3 is 3.09 bits per heavy atom. The third-order valence-electron chi connectivity index (χ3n) is 4.60. The molecular weight excluding hydrogens is 278 g/mol. The first-order valence-corrected chi connectivity index (χ1v) is 7.95. The summed E-state index contributed by atoms with van der Waals surface area (Å²) in [5.41, 5.74) is 1.10. The molecule has 1 amide bonds. The molecule has 1 aliphatic rings. The SMILES string of the molecule is CCCC1(COC)CCCN1C(=O)c1ccc2cc[nH]c2n1. The van der Waals surface area contributed by atoms with Crippen LogP contribution in [0.5, 0.6) is 0 Å². The zero-order chi connectivity index (χ0) is 15.6. The van der Waals surface area contributed by atoms with Crippen LogP contribution < -0.4 is 0 Å². The number of rotatable bonds is 5. The van der Waals surface area contributed by atoms with Gasteiger partial charge in [0.15, 0.2) is 0 Å². The second kappa shape index (κ2) is 6.08. The van der Waals surface area contributed by atoms with Crippen molar-refractivity contribution in [1.82, 2.24) is 14.9 Å². The van der Waals surface area contributed by atoms with Crippen LogP contribution >= 0.6 is 0 Å². The van der Waals surface area contributed by atoms with Crippen molar-refractivity contribution in [2.24, 2.45) is 0 Å². The van der Waals surface area contributed by atoms with E-state index in [0.717, 1.165) is 43.3 Å². The summed E-state index contributed by atoms with van der Waals surface area (Å²) in [6.45, 7) is 3.53. The molecule has 1 fully saturated rings. The third kappa shape index (κ3) is 2.50. The molecule has 3 rings (SSSR count). The normalized spacial score (nSPS) is 21.6. The van der Waals surface area contributed by atoms with Crippen LogP contribution in [0.2, 0.25) is 0 Å². The van der Waals surface area contributed by atoms with Crippen molar-refractivity contribution in [2.75, 3.05) is 20.3 Å². The Balaban J connectivity index is 1.91. The van der Waals surface area contributed by atoms with Gasteiger partial charge in [-0.3, -0.25) is 4.79 Å². The number of aromatic nitrogens is 2. The monoisotopic (exact) mass is 301 g/mol. The quantitative estimate of drug-likeness (QED) is 0.923. The molecule has 118 valence electrons. The number of ether oxygens (including phenoxy) is 1. The lowest BCUT2D eigenvalue weighted by Gasteiger charge is -2.38. The highest BCUT2D eigenvalue weighted by atomic mass is 16.5. The van der Waals surface area contributed by atoms with Crippen molar-refractivity contribution in [3.05, 3.63) is 30.1 Å². The Morgan fingerprint density at radius 2 is 2.32 bits per heavy atom. The minimum Gasteiger partial charge on any atom is -0.382 e. The van der Waals surface area contributed by atoms with Crippen molar-refractivity contribution in [3.63, 3.8) is 0 Å². The number of nitrogens with zero attached hydrogens (tertiary/aromatic N) is 2. The highest BCUT2D eigenvalue weighted by molar-refractivity contribution is 5.95. The van der Waals surface area contributed by atoms with Gasteiger partial charge in [-0.15, -0.1) is 0 Å². The molecule has 1 N–H and O–H groups in total. The number of fused-ring (bicyclic) bond motifs is 1. The minimum absolute atomic E-state index is 0.0134. The molecule has 0 aliphatic carbocycles. The Labute approximate surface area is 130 Å². The number of methoxy groups -OCH3 is 1. The van der Waals surface area contributed by atoms with Crippen molar-refractivity contribution in [3.8, 4) is 0 Å². The summed E-state index contributed by atoms with van der Waals surface area (Å²) in [6.07, 6.45) is 5.88. The molecule has 1 unspecified atom stereocenters. The number of hydrogen-bond donors (Lipinski definition) is 1. The van der Waals surface area contributed by atoms with Crippen molar-refractivity contribution >= 4 is 16.9 Å². The summed E-state index contributed by atoms with van der Waals surface area (Å²) in [5.74, 6) is 0.0134. The van der Waals surface area contributed by atoms with Crippen LogP contribution in [0.15, 0.2) is 24.4 Å². The third-order valence-corrected chi connectivity index (χ3v) is 4.60. The van der Waals surface area contributed by atoms with E-state index in [-0.39, 0.29) is 11.4 Å². The smallest absolute Gasteiger partial charge is 0.273 e. The predicted octanol–water partition coefficient (Wildman–Crippen LogP) is 2.98. The molecule has 0 aromatic carbocycles. The van der Waals surface area contributed by atoms with E-state index in [1.165, 1.54) is 0 Å². The second-order valence-electron chi connectivity index (χ2n) is 6.08. The molecule has 2 aromatic rings. The number of likely N-dealkylation sites (tertiary alicyclic amines) is 1. The lowest BCUT2D eigenvalue weighted by atomic mass is 9.91. The Kier molecular flexibility index (Phi) is 4.16. The Morgan fingerprint density at radius 1 is 1.45 bits per heavy atom. The molecule has 1 atom stereocenters. The van der Waals surface area contributed by atoms with Gasteiger partial charge in [0.1, 0.15) is 11.3 Å². The summed E-state index contributed by atoms with van der Waals surface area (Å²) in [5, 5.41) is 1.02. The first-order valence-electron chi connectivity index (χ1n) is 7.95. The topological polar surface area (TPSA) is 58.2 Å². The lowest BCUT2D eigenvalue weighted by Crippen LogP contribution is -2.50. The van der Waals surface area contributed by atoms with Crippen molar-refractivity contribution in [2.45, 2.75) is 38.1 Å². The number of carbonyl (C=O) groups is 1. The van der Waals surface area contributed by atoms with E-state index >= 15 is 0 Å². The lowest BCUT2D eigenvalue weighted by molar-refractivity contribution is 0.0250. The van der Waals surface area contributed by atoms with Crippen LogP contribution in [-0.2, 0) is 4.74 Å². The summed E-state index contributed by atoms with van der Waals surface area (Å²) in [7, 11) is 1.71. The molecule has 3 heterocycles. The van der Waals surface area contributed by atoms with Gasteiger partial charge in [0.2, 0.25) is 0 Å². The van der Waals surface area contributed by atoms with E-state index in [4.69, 9.17) is 4.74 Å². The van der Waals surface area contributed by atoms with Crippen molar-refractivity contribution in [1.29, 1.82) is 0 Å². The first-order chi connectivity index (χ1) is 10.7. The van der Waals surface area contributed by atoms with Gasteiger partial charge >= 0.3 is 0 Å². The van der Waals surface area contributed by atoms with Crippen LogP contribution in [0.4, 0.5) is 0 Å². The minimum atomic E-state index is -0.174. The van der Waals surface area contributed by atoms with E-state index in [0.29, 0.717) is 12.3 Å². The predicted molar refractivity (Wildman–Crippen MR) is 85.9 cm³/mol. The van der Waals surface area contributed by atoms with Gasteiger partial charge in [-0.25, -0.2) is 4.98 Å². The Hall–Kier alpha value is -1.88. The van der Waals surface area contributed by atoms with E-state index in [1.54, 1.807) is 7.11 Å². The number of nitrogens with one attached hydrogen (secondary N) is 1. The van der Waals surface area contributed by atoms with Crippen LogP contribution in [0.25, 0.3) is 11.0 Å². The van der Waals surface area contributed by atoms with E-state index < -0.39 is 0 Å². The average molecular weight is 301 g/mol. The maximum absolute atomic E-state index is 13.0. The van der Waals surface area contributed by atoms with Crippen LogP contribution in [0.1, 0.15) is 43.1 Å². The second-order valence-corrected chi connectivity index (χ2v) is 6.08. The molecule has 2 aromatic heterocycles. The zero-order valence-corrected chi connectivity index (χ0v) is 13.3. The zero-order valence-electron chi connectivity index (χ0n) is 13.3. The number of hydrogen-bond acceptors (Lipinski definition) is 3. The molecule has 0 spiro atoms. The van der Waals surface area contributed by atoms with Crippen LogP contribution in [0, 0.1) is 0 Å². The fourth-order valence-corrected chi connectivity index (χ4v) is 3.66. The molecule has 5 nitrogen and oxygen atoms in total. The Bertz CT molecular complexity index is 659. The number of H-pyrrole nitrogens is 1. The summed E-state index contributed by atoms with van der Waals surface area (Å²) < 4.78 is 5.44. The van der Waals surface area contributed by atoms with Crippen molar-refractivity contribution < 1.29 is 9.53 Å². The molecule has 22 heavy (non-hydrogen) atoms. The van der Waals surface area contributed by atoms with E-state index in [2.05, 4.69) is 16.9 Å². The fourth-order valence-electron chi connectivity index (χ4n) is 3.66. The van der Waals surface area contributed by atoms with E-state index in [1.807, 2.05) is 29.3 Å². The summed E-state index contributed by atoms with van der Waals surface area (Å²) >= 11 is 0. The van der Waals surface area contributed by atoms with Gasteiger partial charge in [-0.05, 0) is 37.5 Å². The van der Waals surface area contributed by atoms with Crippen LogP contribution in [0.3, 0.4) is 0 Å². The fraction of sp³-hybridized carbons (Fsp3) is 0.529. The molecule has 0 radical (unpaired) electrons. The summed E-state index contributed by atoms with van der Waals surface area (Å²) in [6, 6.07) is 5.72. The number of aromatic amines is 1. The van der Waals surface area contributed by atoms with Gasteiger partial charge in [0.25, 0.3) is 5.91 Å². The number of pyridine rings is 1. The molecular formula is C17H23N3O2. The highest BCUT2D eigenvalue weighted by Gasteiger charge is 2.43. The van der Waals surface area contributed by atoms with Gasteiger partial charge in [0, 0.05) is 25.2 Å². The number of carbonyl (C=O) groups excluding carboxylic acids is 1. The molecule has 1 aliphatic heterocycles. The summed E-state index contributed by atoms with van der Waals surface area (Å²) in [4.78, 5) is 22.5. The molecule has 0 saturated carbocycles. The molecule has 5 heteroatoms. The maximum Gasteiger partial charge on any atom is 0.273 e. The van der Waals surface area contributed by atoms with Gasteiger partial charge in [0.05, 0.1) is 12.1 Å². The molecule has 0 bridgehead atoms. The van der Waals surface area contributed by atoms with Gasteiger partial charge in [-0.2, -0.15) is 0 Å². The number of amides is 1. The maximum atomic E-state index is 13.0. The van der Waals surface area contributed by atoms with Gasteiger partial charge in [-0.1, -0.05) is 13.3 Å². The highest BCUT2D eigenvalue weighted by Crippen LogP contribution is 2.35. The largest absolute Gasteiger partial charge is 0.382 e. The van der Waals surface area contributed by atoms with E-state index in [9.17, 15) is 4.79 Å².